The minimum atomic E-state index is -0.885. The van der Waals surface area contributed by atoms with Crippen LogP contribution in [0.5, 0.6) is 0 Å². The first-order valence-corrected chi connectivity index (χ1v) is 11.0. The van der Waals surface area contributed by atoms with Gasteiger partial charge in [0, 0.05) is 6.92 Å². The van der Waals surface area contributed by atoms with Crippen LogP contribution in [-0.4, -0.2) is 48.0 Å². The maximum absolute atomic E-state index is 13.5. The highest BCUT2D eigenvalue weighted by atomic mass is 16.7. The van der Waals surface area contributed by atoms with Gasteiger partial charge in [-0.05, 0) is 23.5 Å². The molecule has 1 aliphatic rings. The van der Waals surface area contributed by atoms with E-state index in [2.05, 4.69) is 5.32 Å². The Hall–Kier alpha value is -3.39. The second-order valence-corrected chi connectivity index (χ2v) is 8.27. The van der Waals surface area contributed by atoms with E-state index >= 15 is 0 Å². The molecule has 1 fully saturated rings. The lowest BCUT2D eigenvalue weighted by Gasteiger charge is -2.30. The zero-order valence-corrected chi connectivity index (χ0v) is 19.1. The largest absolute Gasteiger partial charge is 0.445 e. The Labute approximate surface area is 193 Å². The molecule has 1 saturated heterocycles. The Morgan fingerprint density at radius 2 is 1.64 bits per heavy atom. The molecule has 0 aliphatic carbocycles. The van der Waals surface area contributed by atoms with E-state index in [4.69, 9.17) is 14.2 Å². The zero-order valence-electron chi connectivity index (χ0n) is 19.1. The molecular formula is C25H30N2O6. The Morgan fingerprint density at radius 1 is 1.03 bits per heavy atom. The second-order valence-electron chi connectivity index (χ2n) is 8.27. The zero-order chi connectivity index (χ0) is 23.8. The number of carbonyl (C=O) groups is 3. The van der Waals surface area contributed by atoms with Crippen LogP contribution >= 0.6 is 0 Å². The Morgan fingerprint density at radius 3 is 2.21 bits per heavy atom. The number of carbonyl (C=O) groups excluding carboxylic acids is 3. The highest BCUT2D eigenvalue weighted by Crippen LogP contribution is 2.24. The normalized spacial score (nSPS) is 18.6. The number of ether oxygens (including phenoxy) is 3. The van der Waals surface area contributed by atoms with Crippen LogP contribution in [0.4, 0.5) is 4.79 Å². The molecule has 1 heterocycles. The van der Waals surface area contributed by atoms with E-state index in [9.17, 15) is 14.4 Å². The number of hydrogen-bond acceptors (Lipinski definition) is 6. The number of esters is 1. The summed E-state index contributed by atoms with van der Waals surface area (Å²) in [4.78, 5) is 39.0. The van der Waals surface area contributed by atoms with Crippen LogP contribution in [0.1, 0.15) is 31.9 Å². The number of rotatable bonds is 8. The number of amides is 2. The van der Waals surface area contributed by atoms with Gasteiger partial charge in [0.05, 0.1) is 0 Å². The number of nitrogens with zero attached hydrogens (tertiary/aromatic N) is 1. The molecule has 8 heteroatoms. The molecule has 3 rings (SSSR count). The van der Waals surface area contributed by atoms with Crippen LogP contribution < -0.4 is 5.32 Å². The lowest BCUT2D eigenvalue weighted by Crippen LogP contribution is -2.54. The second kappa shape index (κ2) is 11.5. The predicted molar refractivity (Wildman–Crippen MR) is 121 cm³/mol. The molecule has 176 valence electrons. The van der Waals surface area contributed by atoms with Crippen molar-refractivity contribution in [1.29, 1.82) is 0 Å². The smallest absolute Gasteiger partial charge is 0.408 e. The van der Waals surface area contributed by atoms with Gasteiger partial charge in [0.15, 0.2) is 0 Å². The maximum Gasteiger partial charge on any atom is 0.408 e. The molecule has 3 atom stereocenters. The highest BCUT2D eigenvalue weighted by molar-refractivity contribution is 5.86. The summed E-state index contributed by atoms with van der Waals surface area (Å²) in [7, 11) is 0. The van der Waals surface area contributed by atoms with Gasteiger partial charge in [-0.3, -0.25) is 9.59 Å². The molecule has 2 aromatic rings. The van der Waals surface area contributed by atoms with Gasteiger partial charge in [-0.2, -0.15) is 0 Å². The van der Waals surface area contributed by atoms with Crippen LogP contribution in [0.15, 0.2) is 60.7 Å². The van der Waals surface area contributed by atoms with Gasteiger partial charge in [0.2, 0.25) is 12.2 Å². The van der Waals surface area contributed by atoms with Crippen molar-refractivity contribution >= 4 is 18.0 Å². The molecule has 0 unspecified atom stereocenters. The third kappa shape index (κ3) is 6.79. The average molecular weight is 455 g/mol. The number of hydrogen-bond donors (Lipinski definition) is 1. The summed E-state index contributed by atoms with van der Waals surface area (Å²) in [6, 6.07) is 17.5. The van der Waals surface area contributed by atoms with Gasteiger partial charge in [0.25, 0.3) is 0 Å². The third-order valence-electron chi connectivity index (χ3n) is 5.36. The minimum absolute atomic E-state index is 0.0434. The molecule has 0 spiro atoms. The maximum atomic E-state index is 13.5. The van der Waals surface area contributed by atoms with Crippen molar-refractivity contribution < 1.29 is 28.6 Å². The summed E-state index contributed by atoms with van der Waals surface area (Å²) in [5, 5.41) is 2.69. The molecule has 0 aromatic heterocycles. The van der Waals surface area contributed by atoms with Crippen LogP contribution in [0, 0.1) is 5.92 Å². The van der Waals surface area contributed by atoms with E-state index in [-0.39, 0.29) is 25.2 Å². The first-order chi connectivity index (χ1) is 15.8. The van der Waals surface area contributed by atoms with Crippen molar-refractivity contribution in [2.75, 3.05) is 6.73 Å². The van der Waals surface area contributed by atoms with Gasteiger partial charge < -0.3 is 24.4 Å². The van der Waals surface area contributed by atoms with E-state index in [1.165, 1.54) is 11.8 Å². The molecule has 8 nitrogen and oxygen atoms in total. The summed E-state index contributed by atoms with van der Waals surface area (Å²) in [5.41, 5.74) is 1.82. The molecule has 0 bridgehead atoms. The molecule has 2 amide bonds. The summed E-state index contributed by atoms with van der Waals surface area (Å²) in [6.07, 6.45) is -1.12. The fraction of sp³-hybridized carbons (Fsp3) is 0.400. The molecule has 1 aliphatic heterocycles. The molecule has 0 saturated carbocycles. The van der Waals surface area contributed by atoms with Crippen LogP contribution in [0.2, 0.25) is 0 Å². The summed E-state index contributed by atoms with van der Waals surface area (Å²) >= 11 is 0. The van der Waals surface area contributed by atoms with Gasteiger partial charge in [-0.1, -0.05) is 74.5 Å². The van der Waals surface area contributed by atoms with Crippen LogP contribution in [0.3, 0.4) is 0 Å². The Kier molecular flexibility index (Phi) is 8.43. The lowest BCUT2D eigenvalue weighted by atomic mass is 10.0. The quantitative estimate of drug-likeness (QED) is 0.616. The first-order valence-electron chi connectivity index (χ1n) is 11.0. The molecule has 0 radical (unpaired) electrons. The topological polar surface area (TPSA) is 94.2 Å². The molecule has 1 N–H and O–H groups in total. The van der Waals surface area contributed by atoms with E-state index < -0.39 is 30.4 Å². The van der Waals surface area contributed by atoms with E-state index in [1.807, 2.05) is 74.5 Å². The fourth-order valence-electron chi connectivity index (χ4n) is 3.66. The summed E-state index contributed by atoms with van der Waals surface area (Å²) in [6.45, 7) is 5.04. The molecular weight excluding hydrogens is 424 g/mol. The summed E-state index contributed by atoms with van der Waals surface area (Å²) in [5.74, 6) is -1.01. The van der Waals surface area contributed by atoms with Crippen molar-refractivity contribution in [2.45, 2.75) is 52.2 Å². The van der Waals surface area contributed by atoms with Gasteiger partial charge in [-0.25, -0.2) is 4.79 Å². The first kappa shape index (κ1) is 24.3. The van der Waals surface area contributed by atoms with Crippen molar-refractivity contribution in [3.8, 4) is 0 Å². The minimum Gasteiger partial charge on any atom is -0.445 e. The molecule has 33 heavy (non-hydrogen) atoms. The summed E-state index contributed by atoms with van der Waals surface area (Å²) < 4.78 is 16.3. The average Bonchev–Trinajstić information content (AvgIpc) is 3.18. The van der Waals surface area contributed by atoms with Gasteiger partial charge >= 0.3 is 12.1 Å². The Balaban J connectivity index is 1.70. The molecule has 2 aromatic carbocycles. The van der Waals surface area contributed by atoms with E-state index in [0.29, 0.717) is 6.42 Å². The van der Waals surface area contributed by atoms with Crippen LogP contribution in [-0.2, 0) is 36.8 Å². The van der Waals surface area contributed by atoms with E-state index in [0.717, 1.165) is 11.1 Å². The van der Waals surface area contributed by atoms with Crippen molar-refractivity contribution in [2.24, 2.45) is 5.92 Å². The highest BCUT2D eigenvalue weighted by Gasteiger charge is 2.43. The Bertz CT molecular complexity index is 934. The number of benzene rings is 2. The monoisotopic (exact) mass is 454 g/mol. The standard InChI is InChI=1S/C25H30N2O6/c1-17(2)22(26-25(30)31-15-20-12-8-5-9-13-20)23(29)27-16-32-24(33-18(3)28)21(27)14-19-10-6-4-7-11-19/h4-13,17,21-22,24H,14-16H2,1-3H3,(H,26,30)/t21-,22-,24-/m0/s1. The SMILES string of the molecule is CC(=O)O[C@@H]1OCN(C(=O)[C@@H](NC(=O)OCc2ccccc2)C(C)C)[C@H]1Cc1ccccc1. The lowest BCUT2D eigenvalue weighted by molar-refractivity contribution is -0.169. The van der Waals surface area contributed by atoms with Gasteiger partial charge in [-0.15, -0.1) is 0 Å². The van der Waals surface area contributed by atoms with Gasteiger partial charge in [0.1, 0.15) is 25.4 Å². The van der Waals surface area contributed by atoms with Crippen LogP contribution in [0.25, 0.3) is 0 Å². The number of nitrogens with one attached hydrogen (secondary N) is 1. The van der Waals surface area contributed by atoms with Crippen molar-refractivity contribution in [3.05, 3.63) is 71.8 Å². The number of alkyl carbamates (subject to hydrolysis) is 1. The van der Waals surface area contributed by atoms with E-state index in [1.54, 1.807) is 0 Å². The van der Waals surface area contributed by atoms with Crippen molar-refractivity contribution in [3.63, 3.8) is 0 Å². The predicted octanol–water partition coefficient (Wildman–Crippen LogP) is 3.25. The third-order valence-corrected chi connectivity index (χ3v) is 5.36. The van der Waals surface area contributed by atoms with Crippen molar-refractivity contribution in [1.82, 2.24) is 10.2 Å². The fourth-order valence-corrected chi connectivity index (χ4v) is 3.66.